The van der Waals surface area contributed by atoms with Gasteiger partial charge in [-0.05, 0) is 71.4 Å². The van der Waals surface area contributed by atoms with E-state index < -0.39 is 0 Å². The fraction of sp³-hybridized carbons (Fsp3) is 0.0800. The number of hydrazone groups is 1. The van der Waals surface area contributed by atoms with Crippen LogP contribution in [0.5, 0.6) is 11.5 Å². The molecule has 0 aliphatic rings. The van der Waals surface area contributed by atoms with E-state index in [0.717, 1.165) is 34.0 Å². The average Bonchev–Trinajstić information content (AvgIpc) is 2.80. The molecule has 0 spiro atoms. The van der Waals surface area contributed by atoms with Crippen LogP contribution in [-0.2, 0) is 0 Å². The van der Waals surface area contributed by atoms with Crippen LogP contribution in [0.1, 0.15) is 11.1 Å². The van der Waals surface area contributed by atoms with Crippen molar-refractivity contribution in [3.05, 3.63) is 102 Å². The van der Waals surface area contributed by atoms with Crippen LogP contribution in [0.15, 0.2) is 96.1 Å². The van der Waals surface area contributed by atoms with Crippen LogP contribution in [0.25, 0.3) is 10.8 Å². The summed E-state index contributed by atoms with van der Waals surface area (Å²) in [5, 5.41) is 7.11. The van der Waals surface area contributed by atoms with Crippen molar-refractivity contribution in [2.45, 2.75) is 0 Å². The van der Waals surface area contributed by atoms with E-state index in [4.69, 9.17) is 14.6 Å². The molecule has 0 heterocycles. The highest BCUT2D eigenvalue weighted by Gasteiger charge is 2.09. The number of benzene rings is 4. The maximum atomic E-state index is 5.28. The van der Waals surface area contributed by atoms with Crippen LogP contribution < -0.4 is 14.9 Å². The van der Waals surface area contributed by atoms with Gasteiger partial charge in [0, 0.05) is 11.1 Å². The normalized spacial score (nSPS) is 10.4. The summed E-state index contributed by atoms with van der Waals surface area (Å²) in [5.41, 5.74) is 6.97. The summed E-state index contributed by atoms with van der Waals surface area (Å²) >= 11 is 0. The molecular formula is C25H22N2O2. The first kappa shape index (κ1) is 18.6. The van der Waals surface area contributed by atoms with Crippen molar-refractivity contribution in [2.24, 2.45) is 5.10 Å². The summed E-state index contributed by atoms with van der Waals surface area (Å²) in [5.74, 6) is 1.62. The number of ether oxygens (including phenoxy) is 2. The van der Waals surface area contributed by atoms with Crippen molar-refractivity contribution >= 4 is 22.2 Å². The third-order valence-corrected chi connectivity index (χ3v) is 4.77. The third kappa shape index (κ3) is 4.22. The molecule has 0 atom stereocenters. The number of anilines is 1. The first-order valence-corrected chi connectivity index (χ1v) is 9.38. The predicted octanol–water partition coefficient (Wildman–Crippen LogP) is 5.72. The highest BCUT2D eigenvalue weighted by molar-refractivity contribution is 6.13. The Kier molecular flexibility index (Phi) is 5.43. The lowest BCUT2D eigenvalue weighted by Gasteiger charge is -2.11. The molecule has 0 bridgehead atoms. The van der Waals surface area contributed by atoms with Gasteiger partial charge in [0.2, 0.25) is 0 Å². The van der Waals surface area contributed by atoms with Gasteiger partial charge in [0.25, 0.3) is 0 Å². The highest BCUT2D eigenvalue weighted by Crippen LogP contribution is 2.21. The summed E-state index contributed by atoms with van der Waals surface area (Å²) in [7, 11) is 3.32. The van der Waals surface area contributed by atoms with E-state index in [1.165, 1.54) is 10.8 Å². The molecule has 0 radical (unpaired) electrons. The molecule has 0 saturated heterocycles. The van der Waals surface area contributed by atoms with Crippen molar-refractivity contribution in [1.29, 1.82) is 0 Å². The zero-order valence-electron chi connectivity index (χ0n) is 16.4. The van der Waals surface area contributed by atoms with E-state index in [1.54, 1.807) is 14.2 Å². The minimum Gasteiger partial charge on any atom is -0.497 e. The van der Waals surface area contributed by atoms with Crippen molar-refractivity contribution in [1.82, 2.24) is 0 Å². The van der Waals surface area contributed by atoms with E-state index in [1.807, 2.05) is 66.7 Å². The Morgan fingerprint density at radius 2 is 1.21 bits per heavy atom. The summed E-state index contributed by atoms with van der Waals surface area (Å²) in [6.45, 7) is 0. The van der Waals surface area contributed by atoms with E-state index in [-0.39, 0.29) is 0 Å². The van der Waals surface area contributed by atoms with Gasteiger partial charge in [-0.3, -0.25) is 5.43 Å². The third-order valence-electron chi connectivity index (χ3n) is 4.77. The minimum absolute atomic E-state index is 0.810. The van der Waals surface area contributed by atoms with Crippen LogP contribution in [0, 0.1) is 0 Å². The first-order chi connectivity index (χ1) is 14.3. The molecule has 4 nitrogen and oxygen atoms in total. The molecule has 0 aliphatic heterocycles. The maximum Gasteiger partial charge on any atom is 0.118 e. The molecular weight excluding hydrogens is 360 g/mol. The van der Waals surface area contributed by atoms with E-state index in [9.17, 15) is 0 Å². The standard InChI is InChI=1S/C25H22N2O2/c1-28-23-13-8-19(9-14-23)25(20-10-15-24(29-2)16-11-20)27-26-22-12-7-18-5-3-4-6-21(18)17-22/h3-17,26H,1-2H3. The molecule has 0 amide bonds. The number of methoxy groups -OCH3 is 2. The summed E-state index contributed by atoms with van der Waals surface area (Å²) in [6, 6.07) is 30.2. The lowest BCUT2D eigenvalue weighted by Crippen LogP contribution is -2.07. The largest absolute Gasteiger partial charge is 0.497 e. The van der Waals surface area contributed by atoms with Gasteiger partial charge in [-0.1, -0.05) is 30.3 Å². The Balaban J connectivity index is 1.70. The fourth-order valence-electron chi connectivity index (χ4n) is 3.17. The highest BCUT2D eigenvalue weighted by atomic mass is 16.5. The molecule has 4 rings (SSSR count). The molecule has 0 unspecified atom stereocenters. The van der Waals surface area contributed by atoms with Gasteiger partial charge in [-0.2, -0.15) is 5.10 Å². The molecule has 0 saturated carbocycles. The van der Waals surface area contributed by atoms with Gasteiger partial charge < -0.3 is 9.47 Å². The SMILES string of the molecule is COc1ccc(C(=NNc2ccc3ccccc3c2)c2ccc(OC)cc2)cc1. The molecule has 0 aromatic heterocycles. The fourth-order valence-corrected chi connectivity index (χ4v) is 3.17. The summed E-state index contributed by atoms with van der Waals surface area (Å²) < 4.78 is 10.6. The Labute approximate surface area is 170 Å². The predicted molar refractivity (Wildman–Crippen MR) is 119 cm³/mol. The van der Waals surface area contributed by atoms with Crippen molar-refractivity contribution in [3.63, 3.8) is 0 Å². The number of nitrogens with zero attached hydrogens (tertiary/aromatic N) is 1. The Morgan fingerprint density at radius 3 is 1.76 bits per heavy atom. The second-order valence-electron chi connectivity index (χ2n) is 6.59. The lowest BCUT2D eigenvalue weighted by molar-refractivity contribution is 0.414. The molecule has 144 valence electrons. The number of hydrogen-bond acceptors (Lipinski definition) is 4. The van der Waals surface area contributed by atoms with Crippen molar-refractivity contribution in [3.8, 4) is 11.5 Å². The number of rotatable bonds is 6. The lowest BCUT2D eigenvalue weighted by atomic mass is 10.0. The van der Waals surface area contributed by atoms with E-state index in [2.05, 4.69) is 29.7 Å². The number of nitrogens with one attached hydrogen (secondary N) is 1. The monoisotopic (exact) mass is 382 g/mol. The molecule has 4 aromatic carbocycles. The molecule has 0 fully saturated rings. The zero-order valence-corrected chi connectivity index (χ0v) is 16.4. The Hall–Kier alpha value is -3.79. The average molecular weight is 382 g/mol. The Bertz CT molecular complexity index is 1080. The molecule has 0 aliphatic carbocycles. The summed E-state index contributed by atoms with van der Waals surface area (Å²) in [6.07, 6.45) is 0. The first-order valence-electron chi connectivity index (χ1n) is 9.38. The maximum absolute atomic E-state index is 5.28. The smallest absolute Gasteiger partial charge is 0.118 e. The van der Waals surface area contributed by atoms with Crippen LogP contribution >= 0.6 is 0 Å². The van der Waals surface area contributed by atoms with E-state index >= 15 is 0 Å². The van der Waals surface area contributed by atoms with Gasteiger partial charge >= 0.3 is 0 Å². The van der Waals surface area contributed by atoms with Gasteiger partial charge in [-0.15, -0.1) is 0 Å². The molecule has 29 heavy (non-hydrogen) atoms. The van der Waals surface area contributed by atoms with Crippen molar-refractivity contribution < 1.29 is 9.47 Å². The number of fused-ring (bicyclic) bond motifs is 1. The topological polar surface area (TPSA) is 42.8 Å². The minimum atomic E-state index is 0.810. The van der Waals surface area contributed by atoms with Gasteiger partial charge in [0.15, 0.2) is 0 Å². The quantitative estimate of drug-likeness (QED) is 0.342. The molecule has 4 aromatic rings. The van der Waals surface area contributed by atoms with Crippen LogP contribution in [0.2, 0.25) is 0 Å². The van der Waals surface area contributed by atoms with Gasteiger partial charge in [0.05, 0.1) is 25.6 Å². The summed E-state index contributed by atoms with van der Waals surface area (Å²) in [4.78, 5) is 0. The Morgan fingerprint density at radius 1 is 0.655 bits per heavy atom. The van der Waals surface area contributed by atoms with Crippen LogP contribution in [0.3, 0.4) is 0 Å². The number of hydrogen-bond donors (Lipinski definition) is 1. The second-order valence-corrected chi connectivity index (χ2v) is 6.59. The van der Waals surface area contributed by atoms with Crippen LogP contribution in [0.4, 0.5) is 5.69 Å². The van der Waals surface area contributed by atoms with E-state index in [0.29, 0.717) is 0 Å². The van der Waals surface area contributed by atoms with Crippen LogP contribution in [-0.4, -0.2) is 19.9 Å². The second kappa shape index (κ2) is 8.48. The van der Waals surface area contributed by atoms with Gasteiger partial charge in [0.1, 0.15) is 11.5 Å². The zero-order chi connectivity index (χ0) is 20.1. The van der Waals surface area contributed by atoms with Gasteiger partial charge in [-0.25, -0.2) is 0 Å². The molecule has 1 N–H and O–H groups in total. The molecule has 4 heteroatoms. The van der Waals surface area contributed by atoms with Crippen molar-refractivity contribution in [2.75, 3.05) is 19.6 Å².